The third kappa shape index (κ3) is 2.25. The fourth-order valence-electron chi connectivity index (χ4n) is 1.69. The quantitative estimate of drug-likeness (QED) is 0.826. The molecule has 0 aliphatic carbocycles. The smallest absolute Gasteiger partial charge is 0.255 e. The first kappa shape index (κ1) is 11.9. The molecule has 1 N–H and O–H groups in total. The molecule has 1 heterocycles. The first-order valence-corrected chi connectivity index (χ1v) is 5.55. The van der Waals surface area contributed by atoms with Gasteiger partial charge < -0.3 is 5.32 Å². The SMILES string of the molecule is C#CCNC(=O)c1cnn(-c2ccccc2)c1C. The van der Waals surface area contributed by atoms with Crippen molar-refractivity contribution in [1.82, 2.24) is 15.1 Å². The number of rotatable bonds is 3. The first-order valence-electron chi connectivity index (χ1n) is 5.55. The van der Waals surface area contributed by atoms with Gasteiger partial charge in [-0.25, -0.2) is 4.68 Å². The fraction of sp³-hybridized carbons (Fsp3) is 0.143. The van der Waals surface area contributed by atoms with Crippen LogP contribution in [0, 0.1) is 19.3 Å². The van der Waals surface area contributed by atoms with Crippen LogP contribution >= 0.6 is 0 Å². The van der Waals surface area contributed by atoms with Gasteiger partial charge in [0.1, 0.15) is 0 Å². The van der Waals surface area contributed by atoms with Crippen LogP contribution in [0.25, 0.3) is 5.69 Å². The number of aromatic nitrogens is 2. The van der Waals surface area contributed by atoms with E-state index in [0.717, 1.165) is 11.4 Å². The number of nitrogens with one attached hydrogen (secondary N) is 1. The zero-order chi connectivity index (χ0) is 13.0. The average molecular weight is 239 g/mol. The molecule has 0 radical (unpaired) electrons. The van der Waals surface area contributed by atoms with E-state index in [1.807, 2.05) is 37.3 Å². The summed E-state index contributed by atoms with van der Waals surface area (Å²) >= 11 is 0. The number of benzene rings is 1. The molecule has 0 aliphatic rings. The minimum absolute atomic E-state index is 0.201. The van der Waals surface area contributed by atoms with Gasteiger partial charge in [-0.2, -0.15) is 5.10 Å². The van der Waals surface area contributed by atoms with Gasteiger partial charge in [0, 0.05) is 0 Å². The minimum atomic E-state index is -0.201. The van der Waals surface area contributed by atoms with Crippen LogP contribution in [0.15, 0.2) is 36.5 Å². The summed E-state index contributed by atoms with van der Waals surface area (Å²) in [5.74, 6) is 2.17. The number of nitrogens with zero attached hydrogens (tertiary/aromatic N) is 2. The normalized spacial score (nSPS) is 9.78. The van der Waals surface area contributed by atoms with Gasteiger partial charge in [0.2, 0.25) is 0 Å². The van der Waals surface area contributed by atoms with Gasteiger partial charge in [-0.1, -0.05) is 24.1 Å². The highest BCUT2D eigenvalue weighted by Crippen LogP contribution is 2.13. The van der Waals surface area contributed by atoms with Crippen LogP contribution in [0.3, 0.4) is 0 Å². The largest absolute Gasteiger partial charge is 0.341 e. The Morgan fingerprint density at radius 1 is 1.44 bits per heavy atom. The van der Waals surface area contributed by atoms with E-state index >= 15 is 0 Å². The Labute approximate surface area is 106 Å². The van der Waals surface area contributed by atoms with Crippen molar-refractivity contribution in [3.8, 4) is 18.0 Å². The van der Waals surface area contributed by atoms with Crippen LogP contribution in [-0.4, -0.2) is 22.2 Å². The van der Waals surface area contributed by atoms with Crippen LogP contribution in [0.5, 0.6) is 0 Å². The molecule has 1 aromatic carbocycles. The van der Waals surface area contributed by atoms with Gasteiger partial charge in [-0.15, -0.1) is 6.42 Å². The molecular formula is C14H13N3O. The van der Waals surface area contributed by atoms with E-state index in [0.29, 0.717) is 5.56 Å². The number of hydrogen-bond donors (Lipinski definition) is 1. The average Bonchev–Trinajstić information content (AvgIpc) is 2.79. The molecule has 4 nitrogen and oxygen atoms in total. The van der Waals surface area contributed by atoms with Gasteiger partial charge in [0.05, 0.1) is 29.7 Å². The van der Waals surface area contributed by atoms with Crippen molar-refractivity contribution in [2.75, 3.05) is 6.54 Å². The lowest BCUT2D eigenvalue weighted by atomic mass is 10.2. The number of carbonyl (C=O) groups is 1. The molecule has 0 spiro atoms. The van der Waals surface area contributed by atoms with Crippen LogP contribution < -0.4 is 5.32 Å². The van der Waals surface area contributed by atoms with Crippen molar-refractivity contribution < 1.29 is 4.79 Å². The van der Waals surface area contributed by atoms with E-state index in [9.17, 15) is 4.79 Å². The van der Waals surface area contributed by atoms with Gasteiger partial charge in [0.15, 0.2) is 0 Å². The molecular weight excluding hydrogens is 226 g/mol. The summed E-state index contributed by atoms with van der Waals surface area (Å²) in [7, 11) is 0. The zero-order valence-electron chi connectivity index (χ0n) is 10.1. The Hall–Kier alpha value is -2.54. The van der Waals surface area contributed by atoms with Crippen molar-refractivity contribution >= 4 is 5.91 Å². The van der Waals surface area contributed by atoms with Crippen molar-refractivity contribution in [3.63, 3.8) is 0 Å². The predicted molar refractivity (Wildman–Crippen MR) is 69.5 cm³/mol. The summed E-state index contributed by atoms with van der Waals surface area (Å²) in [6.45, 7) is 2.07. The molecule has 0 saturated carbocycles. The minimum Gasteiger partial charge on any atom is -0.341 e. The summed E-state index contributed by atoms with van der Waals surface area (Å²) in [5.41, 5.74) is 2.25. The number of amides is 1. The van der Waals surface area contributed by atoms with Gasteiger partial charge in [-0.05, 0) is 19.1 Å². The van der Waals surface area contributed by atoms with E-state index < -0.39 is 0 Å². The molecule has 0 saturated heterocycles. The molecule has 0 aliphatic heterocycles. The summed E-state index contributed by atoms with van der Waals surface area (Å²) in [4.78, 5) is 11.8. The lowest BCUT2D eigenvalue weighted by Crippen LogP contribution is -2.23. The highest BCUT2D eigenvalue weighted by atomic mass is 16.1. The summed E-state index contributed by atoms with van der Waals surface area (Å²) in [6.07, 6.45) is 6.65. The zero-order valence-corrected chi connectivity index (χ0v) is 10.1. The van der Waals surface area contributed by atoms with Crippen LogP contribution in [0.2, 0.25) is 0 Å². The van der Waals surface area contributed by atoms with Crippen LogP contribution in [0.4, 0.5) is 0 Å². The van der Waals surface area contributed by atoms with Crippen LogP contribution in [0.1, 0.15) is 16.1 Å². The summed E-state index contributed by atoms with van der Waals surface area (Å²) in [5, 5.41) is 6.85. The maximum absolute atomic E-state index is 11.8. The molecule has 0 unspecified atom stereocenters. The number of terminal acetylenes is 1. The molecule has 0 fully saturated rings. The topological polar surface area (TPSA) is 46.9 Å². The lowest BCUT2D eigenvalue weighted by molar-refractivity contribution is 0.0958. The Morgan fingerprint density at radius 2 is 2.17 bits per heavy atom. The number of hydrogen-bond acceptors (Lipinski definition) is 2. The molecule has 2 aromatic rings. The van der Waals surface area contributed by atoms with Crippen molar-refractivity contribution in [2.45, 2.75) is 6.92 Å². The Bertz CT molecular complexity index is 593. The second-order valence-electron chi connectivity index (χ2n) is 3.78. The molecule has 90 valence electrons. The third-order valence-corrected chi connectivity index (χ3v) is 2.61. The highest BCUT2D eigenvalue weighted by molar-refractivity contribution is 5.95. The molecule has 2 rings (SSSR count). The number of carbonyl (C=O) groups excluding carboxylic acids is 1. The molecule has 1 aromatic heterocycles. The van der Waals surface area contributed by atoms with E-state index in [1.54, 1.807) is 10.9 Å². The van der Waals surface area contributed by atoms with Crippen LogP contribution in [-0.2, 0) is 0 Å². The monoisotopic (exact) mass is 239 g/mol. The Kier molecular flexibility index (Phi) is 3.44. The predicted octanol–water partition coefficient (Wildman–Crippen LogP) is 1.54. The molecule has 0 bridgehead atoms. The van der Waals surface area contributed by atoms with Gasteiger partial charge in [-0.3, -0.25) is 4.79 Å². The standard InChI is InChI=1S/C14H13N3O/c1-3-9-15-14(18)13-10-16-17(11(13)2)12-7-5-4-6-8-12/h1,4-8,10H,9H2,2H3,(H,15,18). The second-order valence-corrected chi connectivity index (χ2v) is 3.78. The molecule has 0 atom stereocenters. The van der Waals surface area contributed by atoms with Crippen molar-refractivity contribution in [2.24, 2.45) is 0 Å². The first-order chi connectivity index (χ1) is 8.74. The van der Waals surface area contributed by atoms with E-state index in [1.165, 1.54) is 0 Å². The van der Waals surface area contributed by atoms with E-state index in [-0.39, 0.29) is 12.5 Å². The second kappa shape index (κ2) is 5.19. The summed E-state index contributed by atoms with van der Waals surface area (Å²) in [6, 6.07) is 9.65. The molecule has 18 heavy (non-hydrogen) atoms. The van der Waals surface area contributed by atoms with E-state index in [2.05, 4.69) is 16.3 Å². The Morgan fingerprint density at radius 3 is 2.83 bits per heavy atom. The maximum Gasteiger partial charge on any atom is 0.255 e. The van der Waals surface area contributed by atoms with Crippen molar-refractivity contribution in [1.29, 1.82) is 0 Å². The molecule has 4 heteroatoms. The third-order valence-electron chi connectivity index (χ3n) is 2.61. The number of para-hydroxylation sites is 1. The lowest BCUT2D eigenvalue weighted by Gasteiger charge is -2.05. The van der Waals surface area contributed by atoms with Gasteiger partial charge in [0.25, 0.3) is 5.91 Å². The molecule has 1 amide bonds. The van der Waals surface area contributed by atoms with E-state index in [4.69, 9.17) is 6.42 Å². The van der Waals surface area contributed by atoms with Gasteiger partial charge >= 0.3 is 0 Å². The highest BCUT2D eigenvalue weighted by Gasteiger charge is 2.14. The maximum atomic E-state index is 11.8. The fourth-order valence-corrected chi connectivity index (χ4v) is 1.69. The Balaban J connectivity index is 2.30. The summed E-state index contributed by atoms with van der Waals surface area (Å²) < 4.78 is 1.73. The van der Waals surface area contributed by atoms with Crippen molar-refractivity contribution in [3.05, 3.63) is 47.8 Å².